The number of nitrogens with one attached hydrogen (secondary N) is 1. The molecule has 1 saturated carbocycles. The minimum absolute atomic E-state index is 0.276. The number of hydrogen-bond donors (Lipinski definition) is 2. The normalized spacial score (nSPS) is 29.4. The van der Waals surface area contributed by atoms with Crippen LogP contribution in [-0.4, -0.2) is 47.4 Å². The molecular weight excluding hydrogens is 382 g/mol. The Morgan fingerprint density at radius 1 is 1.00 bits per heavy atom. The first-order chi connectivity index (χ1) is 14.2. The van der Waals surface area contributed by atoms with E-state index in [0.29, 0.717) is 18.1 Å². The van der Waals surface area contributed by atoms with Crippen LogP contribution in [0.5, 0.6) is 0 Å². The largest absolute Gasteiger partial charge is 0.481 e. The molecule has 3 fully saturated rings. The van der Waals surface area contributed by atoms with Gasteiger partial charge in [-0.05, 0) is 94.1 Å². The van der Waals surface area contributed by atoms with Crippen molar-refractivity contribution in [1.82, 2.24) is 5.32 Å². The maximum absolute atomic E-state index is 10.6. The molecule has 29 heavy (non-hydrogen) atoms. The number of carbonyl (C=O) groups is 1. The third kappa shape index (κ3) is 7.91. The van der Waals surface area contributed by atoms with E-state index in [0.717, 1.165) is 31.2 Å². The number of allylic oxidation sites excluding steroid dienone is 2. The van der Waals surface area contributed by atoms with Crippen LogP contribution in [0.25, 0.3) is 0 Å². The predicted molar refractivity (Wildman–Crippen MR) is 122 cm³/mol. The van der Waals surface area contributed by atoms with Crippen LogP contribution >= 0.6 is 11.8 Å². The second-order valence-electron chi connectivity index (χ2n) is 9.15. The van der Waals surface area contributed by atoms with Gasteiger partial charge in [-0.3, -0.25) is 4.79 Å². The van der Waals surface area contributed by atoms with E-state index >= 15 is 0 Å². The summed E-state index contributed by atoms with van der Waals surface area (Å²) in [5.74, 6) is 3.28. The van der Waals surface area contributed by atoms with Gasteiger partial charge in [-0.2, -0.15) is 11.8 Å². The number of fused-ring (bicyclic) bond motifs is 2. The van der Waals surface area contributed by atoms with Crippen molar-refractivity contribution in [3.8, 4) is 0 Å². The Kier molecular flexibility index (Phi) is 10.4. The first kappa shape index (κ1) is 23.1. The molecule has 2 aliphatic heterocycles. The molecule has 3 rings (SSSR count). The topological polar surface area (TPSA) is 58.6 Å². The second-order valence-corrected chi connectivity index (χ2v) is 10.4. The van der Waals surface area contributed by atoms with Gasteiger partial charge in [0.1, 0.15) is 0 Å². The van der Waals surface area contributed by atoms with Crippen LogP contribution in [0, 0.1) is 11.8 Å². The fourth-order valence-corrected chi connectivity index (χ4v) is 6.48. The van der Waals surface area contributed by atoms with Crippen molar-refractivity contribution in [2.75, 3.05) is 18.1 Å². The lowest BCUT2D eigenvalue weighted by Crippen LogP contribution is -2.27. The summed E-state index contributed by atoms with van der Waals surface area (Å²) in [6.07, 6.45) is 20.5. The highest BCUT2D eigenvalue weighted by atomic mass is 32.2. The Hall–Kier alpha value is -0.520. The summed E-state index contributed by atoms with van der Waals surface area (Å²) in [5, 5.41) is 12.4. The molecule has 0 amide bonds. The molecule has 166 valence electrons. The molecule has 0 aromatic heterocycles. The average molecular weight is 424 g/mol. The Bertz CT molecular complexity index is 506. The van der Waals surface area contributed by atoms with Gasteiger partial charge < -0.3 is 15.2 Å². The first-order valence-electron chi connectivity index (χ1n) is 12.1. The number of unbranched alkanes of at least 4 members (excludes halogenated alkanes) is 2. The SMILES string of the molecule is O=C(O)CCCC=CC[C@@H]1[C@H](CCSCCCCNC2CCCC2)[C@@H]2CC[C@H]1O2. The number of carboxylic acids is 1. The number of thioether (sulfide) groups is 1. The highest BCUT2D eigenvalue weighted by Gasteiger charge is 2.47. The van der Waals surface area contributed by atoms with Crippen LogP contribution < -0.4 is 5.32 Å². The molecule has 0 aromatic rings. The molecule has 0 unspecified atom stereocenters. The minimum Gasteiger partial charge on any atom is -0.481 e. The van der Waals surface area contributed by atoms with Gasteiger partial charge >= 0.3 is 5.97 Å². The lowest BCUT2D eigenvalue weighted by atomic mass is 9.76. The number of carboxylic acid groups (broad SMARTS) is 1. The minimum atomic E-state index is -0.692. The highest BCUT2D eigenvalue weighted by molar-refractivity contribution is 7.99. The van der Waals surface area contributed by atoms with Gasteiger partial charge in [0.2, 0.25) is 0 Å². The summed E-state index contributed by atoms with van der Waals surface area (Å²) in [6.45, 7) is 1.20. The lowest BCUT2D eigenvalue weighted by Gasteiger charge is -2.27. The standard InChI is InChI=1S/C24H41NO3S/c26-24(27)12-4-2-1-3-11-20-21(23-14-13-22(20)28-23)15-18-29-17-8-7-16-25-19-9-5-6-10-19/h1,3,19-23,25H,2,4-18H2,(H,26,27)/t20-,21+,22-,23+/m1/s1. The Morgan fingerprint density at radius 2 is 1.79 bits per heavy atom. The van der Waals surface area contributed by atoms with Crippen molar-refractivity contribution >= 4 is 17.7 Å². The molecule has 3 aliphatic rings. The van der Waals surface area contributed by atoms with Crippen molar-refractivity contribution in [3.63, 3.8) is 0 Å². The molecule has 0 aromatic carbocycles. The zero-order chi connectivity index (χ0) is 20.3. The van der Waals surface area contributed by atoms with Crippen molar-refractivity contribution in [1.29, 1.82) is 0 Å². The smallest absolute Gasteiger partial charge is 0.303 e. The molecule has 2 heterocycles. The highest BCUT2D eigenvalue weighted by Crippen LogP contribution is 2.47. The molecular formula is C24H41NO3S. The number of aliphatic carboxylic acids is 1. The van der Waals surface area contributed by atoms with E-state index in [1.807, 2.05) is 0 Å². The predicted octanol–water partition coefficient (Wildman–Crippen LogP) is 5.42. The van der Waals surface area contributed by atoms with Crippen LogP contribution in [0.3, 0.4) is 0 Å². The maximum Gasteiger partial charge on any atom is 0.303 e. The van der Waals surface area contributed by atoms with E-state index in [2.05, 4.69) is 29.2 Å². The van der Waals surface area contributed by atoms with Crippen molar-refractivity contribution < 1.29 is 14.6 Å². The zero-order valence-electron chi connectivity index (χ0n) is 18.0. The van der Waals surface area contributed by atoms with E-state index in [-0.39, 0.29) is 6.42 Å². The van der Waals surface area contributed by atoms with E-state index < -0.39 is 5.97 Å². The molecule has 4 nitrogen and oxygen atoms in total. The third-order valence-electron chi connectivity index (χ3n) is 7.03. The zero-order valence-corrected chi connectivity index (χ0v) is 18.8. The monoisotopic (exact) mass is 423 g/mol. The lowest BCUT2D eigenvalue weighted by molar-refractivity contribution is -0.137. The van der Waals surface area contributed by atoms with Gasteiger partial charge in [-0.1, -0.05) is 25.0 Å². The summed E-state index contributed by atoms with van der Waals surface area (Å²) < 4.78 is 6.24. The summed E-state index contributed by atoms with van der Waals surface area (Å²) in [5.41, 5.74) is 0. The van der Waals surface area contributed by atoms with Crippen molar-refractivity contribution in [3.05, 3.63) is 12.2 Å². The summed E-state index contributed by atoms with van der Waals surface area (Å²) in [4.78, 5) is 10.6. The van der Waals surface area contributed by atoms with Gasteiger partial charge in [-0.25, -0.2) is 0 Å². The third-order valence-corrected chi connectivity index (χ3v) is 8.13. The van der Waals surface area contributed by atoms with E-state index in [1.54, 1.807) is 0 Å². The van der Waals surface area contributed by atoms with Crippen LogP contribution in [0.2, 0.25) is 0 Å². The fourth-order valence-electron chi connectivity index (χ4n) is 5.43. The molecule has 1 aliphatic carbocycles. The molecule has 2 N–H and O–H groups in total. The molecule has 4 atom stereocenters. The van der Waals surface area contributed by atoms with Crippen LogP contribution in [0.1, 0.15) is 83.5 Å². The number of rotatable bonds is 15. The summed E-state index contributed by atoms with van der Waals surface area (Å²) in [6, 6.07) is 0.809. The molecule has 2 bridgehead atoms. The van der Waals surface area contributed by atoms with Crippen LogP contribution in [0.4, 0.5) is 0 Å². The Labute approximate surface area is 181 Å². The summed E-state index contributed by atoms with van der Waals surface area (Å²) in [7, 11) is 0. The molecule has 2 saturated heterocycles. The number of ether oxygens (including phenoxy) is 1. The Morgan fingerprint density at radius 3 is 2.59 bits per heavy atom. The van der Waals surface area contributed by atoms with Gasteiger partial charge in [0.15, 0.2) is 0 Å². The van der Waals surface area contributed by atoms with Gasteiger partial charge in [0.05, 0.1) is 12.2 Å². The van der Waals surface area contributed by atoms with Gasteiger partial charge in [0.25, 0.3) is 0 Å². The molecule has 5 heteroatoms. The first-order valence-corrected chi connectivity index (χ1v) is 13.2. The fraction of sp³-hybridized carbons (Fsp3) is 0.875. The van der Waals surface area contributed by atoms with E-state index in [4.69, 9.17) is 9.84 Å². The van der Waals surface area contributed by atoms with E-state index in [9.17, 15) is 4.79 Å². The number of hydrogen-bond acceptors (Lipinski definition) is 4. The Balaban J connectivity index is 1.23. The summed E-state index contributed by atoms with van der Waals surface area (Å²) >= 11 is 2.13. The maximum atomic E-state index is 10.6. The molecule has 0 spiro atoms. The molecule has 0 radical (unpaired) electrons. The quantitative estimate of drug-likeness (QED) is 0.272. The van der Waals surface area contributed by atoms with Gasteiger partial charge in [-0.15, -0.1) is 0 Å². The van der Waals surface area contributed by atoms with Crippen LogP contribution in [0.15, 0.2) is 12.2 Å². The van der Waals surface area contributed by atoms with Crippen molar-refractivity contribution in [2.24, 2.45) is 11.8 Å². The van der Waals surface area contributed by atoms with Gasteiger partial charge in [0, 0.05) is 12.5 Å². The van der Waals surface area contributed by atoms with E-state index in [1.165, 1.54) is 75.8 Å². The second kappa shape index (κ2) is 13.0. The average Bonchev–Trinajstić information content (AvgIpc) is 3.44. The van der Waals surface area contributed by atoms with Crippen LogP contribution in [-0.2, 0) is 9.53 Å². The van der Waals surface area contributed by atoms with Crippen molar-refractivity contribution in [2.45, 2.75) is 102 Å².